The Morgan fingerprint density at radius 1 is 1.62 bits per heavy atom. The summed E-state index contributed by atoms with van der Waals surface area (Å²) in [7, 11) is 0. The van der Waals surface area contributed by atoms with Gasteiger partial charge in [0.1, 0.15) is 0 Å². The molecule has 3 nitrogen and oxygen atoms in total. The van der Waals surface area contributed by atoms with Gasteiger partial charge in [0.25, 0.3) is 0 Å². The molecule has 3 rings (SSSR count). The van der Waals surface area contributed by atoms with Crippen LogP contribution in [-0.4, -0.2) is 10.9 Å². The monoisotopic (exact) mass is 280 g/mol. The minimum Gasteiger partial charge on any atom is -0.349 e. The first-order valence-electron chi connectivity index (χ1n) is 5.65. The van der Waals surface area contributed by atoms with Gasteiger partial charge in [-0.3, -0.25) is 9.78 Å². The topological polar surface area (TPSA) is 42.0 Å². The maximum absolute atomic E-state index is 11.5. The van der Waals surface area contributed by atoms with E-state index in [1.54, 1.807) is 0 Å². The molecule has 2 aliphatic rings. The molecule has 0 aromatic carbocycles. The van der Waals surface area contributed by atoms with Crippen molar-refractivity contribution in [2.24, 2.45) is 5.92 Å². The van der Waals surface area contributed by atoms with E-state index in [1.165, 1.54) is 17.5 Å². The minimum absolute atomic E-state index is 0.128. The average molecular weight is 281 g/mol. The number of halogens is 1. The van der Waals surface area contributed by atoms with Gasteiger partial charge in [-0.1, -0.05) is 6.92 Å². The van der Waals surface area contributed by atoms with Crippen LogP contribution in [0.15, 0.2) is 16.9 Å². The van der Waals surface area contributed by atoms with Crippen molar-refractivity contribution in [3.8, 4) is 0 Å². The normalized spacial score (nSPS) is 29.5. The predicted octanol–water partition coefficient (Wildman–Crippen LogP) is 2.53. The summed E-state index contributed by atoms with van der Waals surface area (Å²) in [4.78, 5) is 15.7. The Kier molecular flexibility index (Phi) is 2.28. The molecule has 0 aliphatic heterocycles. The van der Waals surface area contributed by atoms with Crippen LogP contribution in [0.4, 0.5) is 0 Å². The van der Waals surface area contributed by atoms with Gasteiger partial charge in [-0.05, 0) is 45.3 Å². The fraction of sp³-hybridized carbons (Fsp3) is 0.500. The maximum Gasteiger partial charge on any atom is 0.220 e. The third-order valence-electron chi connectivity index (χ3n) is 3.58. The molecular formula is C12H13BrN2O. The zero-order valence-electron chi connectivity index (χ0n) is 9.03. The van der Waals surface area contributed by atoms with Crippen LogP contribution < -0.4 is 5.32 Å². The number of fused-ring (bicyclic) bond motifs is 3. The van der Waals surface area contributed by atoms with Gasteiger partial charge >= 0.3 is 0 Å². The van der Waals surface area contributed by atoms with Crippen molar-refractivity contribution in [2.45, 2.75) is 31.7 Å². The highest BCUT2D eigenvalue weighted by Gasteiger charge is 2.53. The molecule has 1 aromatic rings. The Labute approximate surface area is 103 Å². The van der Waals surface area contributed by atoms with E-state index in [4.69, 9.17) is 0 Å². The fourth-order valence-electron chi connectivity index (χ4n) is 2.70. The number of nitrogens with one attached hydrogen (secondary N) is 1. The van der Waals surface area contributed by atoms with E-state index in [0.29, 0.717) is 18.3 Å². The van der Waals surface area contributed by atoms with E-state index in [0.717, 1.165) is 4.47 Å². The molecule has 84 valence electrons. The van der Waals surface area contributed by atoms with Crippen molar-refractivity contribution in [3.05, 3.63) is 28.0 Å². The smallest absolute Gasteiger partial charge is 0.220 e. The number of amides is 1. The lowest BCUT2D eigenvalue weighted by molar-refractivity contribution is -0.121. The first-order valence-corrected chi connectivity index (χ1v) is 6.44. The fourth-order valence-corrected chi connectivity index (χ4v) is 3.35. The SMILES string of the molecule is CCC(=O)NC1c2cncc(Br)c2C2CC21. The van der Waals surface area contributed by atoms with Gasteiger partial charge in [0, 0.05) is 23.3 Å². The molecule has 3 unspecified atom stereocenters. The molecule has 1 aromatic heterocycles. The second-order valence-electron chi connectivity index (χ2n) is 4.53. The van der Waals surface area contributed by atoms with Crippen molar-refractivity contribution in [1.29, 1.82) is 0 Å². The van der Waals surface area contributed by atoms with Crippen LogP contribution >= 0.6 is 15.9 Å². The van der Waals surface area contributed by atoms with E-state index < -0.39 is 0 Å². The number of rotatable bonds is 2. The zero-order valence-corrected chi connectivity index (χ0v) is 10.6. The molecule has 4 heteroatoms. The molecule has 0 spiro atoms. The molecule has 3 atom stereocenters. The predicted molar refractivity (Wildman–Crippen MR) is 64.0 cm³/mol. The second-order valence-corrected chi connectivity index (χ2v) is 5.38. The van der Waals surface area contributed by atoms with Crippen molar-refractivity contribution in [2.75, 3.05) is 0 Å². The van der Waals surface area contributed by atoms with Crippen molar-refractivity contribution in [1.82, 2.24) is 10.3 Å². The Balaban J connectivity index is 1.95. The van der Waals surface area contributed by atoms with Crippen molar-refractivity contribution >= 4 is 21.8 Å². The van der Waals surface area contributed by atoms with Crippen LogP contribution in [0.1, 0.15) is 42.9 Å². The minimum atomic E-state index is 0.128. The largest absolute Gasteiger partial charge is 0.349 e. The lowest BCUT2D eigenvalue weighted by atomic mass is 10.1. The lowest BCUT2D eigenvalue weighted by Gasteiger charge is -2.16. The van der Waals surface area contributed by atoms with Crippen LogP contribution in [0.25, 0.3) is 0 Å². The van der Waals surface area contributed by atoms with Gasteiger partial charge < -0.3 is 5.32 Å². The summed E-state index contributed by atoms with van der Waals surface area (Å²) in [6, 6.07) is 0.192. The summed E-state index contributed by atoms with van der Waals surface area (Å²) in [5, 5.41) is 3.10. The molecule has 16 heavy (non-hydrogen) atoms. The maximum atomic E-state index is 11.5. The number of nitrogens with zero attached hydrogens (tertiary/aromatic N) is 1. The van der Waals surface area contributed by atoms with Crippen molar-refractivity contribution < 1.29 is 4.79 Å². The van der Waals surface area contributed by atoms with Gasteiger partial charge in [0.15, 0.2) is 0 Å². The Morgan fingerprint density at radius 2 is 2.44 bits per heavy atom. The highest BCUT2D eigenvalue weighted by molar-refractivity contribution is 9.10. The van der Waals surface area contributed by atoms with Crippen LogP contribution in [-0.2, 0) is 4.79 Å². The molecule has 1 heterocycles. The molecule has 0 radical (unpaired) electrons. The molecule has 1 fully saturated rings. The highest BCUT2D eigenvalue weighted by atomic mass is 79.9. The molecule has 0 saturated heterocycles. The summed E-state index contributed by atoms with van der Waals surface area (Å²) >= 11 is 3.55. The number of pyridine rings is 1. The van der Waals surface area contributed by atoms with Crippen LogP contribution in [0.5, 0.6) is 0 Å². The Hall–Kier alpha value is -0.900. The molecule has 1 amide bonds. The van der Waals surface area contributed by atoms with Crippen molar-refractivity contribution in [3.63, 3.8) is 0 Å². The first kappa shape index (κ1) is 10.3. The van der Waals surface area contributed by atoms with Gasteiger partial charge in [-0.2, -0.15) is 0 Å². The quantitative estimate of drug-likeness (QED) is 0.905. The van der Waals surface area contributed by atoms with Gasteiger partial charge in [-0.25, -0.2) is 0 Å². The number of hydrogen-bond donors (Lipinski definition) is 1. The van der Waals surface area contributed by atoms with E-state index in [2.05, 4.69) is 26.2 Å². The van der Waals surface area contributed by atoms with Gasteiger partial charge in [0.2, 0.25) is 5.91 Å². The first-order chi connectivity index (χ1) is 7.72. The molecular weight excluding hydrogens is 268 g/mol. The number of hydrogen-bond acceptors (Lipinski definition) is 2. The number of aromatic nitrogens is 1. The standard InChI is InChI=1S/C12H13BrN2O/c1-2-10(16)15-12-7-3-6(7)11-8(12)4-14-5-9(11)13/h4-7,12H,2-3H2,1H3,(H,15,16). The zero-order chi connectivity index (χ0) is 11.3. The van der Waals surface area contributed by atoms with Gasteiger partial charge in [-0.15, -0.1) is 0 Å². The second kappa shape index (κ2) is 3.55. The Morgan fingerprint density at radius 3 is 3.19 bits per heavy atom. The number of carbonyl (C=O) groups excluding carboxylic acids is 1. The summed E-state index contributed by atoms with van der Waals surface area (Å²) in [6.07, 6.45) is 5.49. The van der Waals surface area contributed by atoms with Gasteiger partial charge in [0.05, 0.1) is 6.04 Å². The molecule has 1 N–H and O–H groups in total. The van der Waals surface area contributed by atoms with E-state index >= 15 is 0 Å². The third-order valence-corrected chi connectivity index (χ3v) is 4.21. The average Bonchev–Trinajstić information content (AvgIpc) is 2.99. The number of carbonyl (C=O) groups is 1. The van der Waals surface area contributed by atoms with E-state index in [1.807, 2.05) is 19.3 Å². The molecule has 0 bridgehead atoms. The Bertz CT molecular complexity index is 460. The van der Waals surface area contributed by atoms with Crippen LogP contribution in [0, 0.1) is 5.92 Å². The summed E-state index contributed by atoms with van der Waals surface area (Å²) < 4.78 is 1.09. The highest BCUT2D eigenvalue weighted by Crippen LogP contribution is 2.62. The molecule has 1 saturated carbocycles. The molecule has 2 aliphatic carbocycles. The lowest BCUT2D eigenvalue weighted by Crippen LogP contribution is -2.28. The van der Waals surface area contributed by atoms with E-state index in [-0.39, 0.29) is 11.9 Å². The van der Waals surface area contributed by atoms with Crippen LogP contribution in [0.2, 0.25) is 0 Å². The summed E-state index contributed by atoms with van der Waals surface area (Å²) in [6.45, 7) is 1.88. The van der Waals surface area contributed by atoms with Crippen LogP contribution in [0.3, 0.4) is 0 Å². The summed E-state index contributed by atoms with van der Waals surface area (Å²) in [5.74, 6) is 1.36. The third kappa shape index (κ3) is 1.39. The summed E-state index contributed by atoms with van der Waals surface area (Å²) in [5.41, 5.74) is 2.57. The van der Waals surface area contributed by atoms with E-state index in [9.17, 15) is 4.79 Å².